The Labute approximate surface area is 117 Å². The zero-order valence-electron chi connectivity index (χ0n) is 11.2. The minimum absolute atomic E-state index is 0.163. The molecule has 19 heavy (non-hydrogen) atoms. The van der Waals surface area contributed by atoms with Crippen LogP contribution in [0.2, 0.25) is 5.02 Å². The highest BCUT2D eigenvalue weighted by molar-refractivity contribution is 6.32. The molecule has 0 radical (unpaired) electrons. The maximum Gasteiger partial charge on any atom is 0.137 e. The highest BCUT2D eigenvalue weighted by Gasteiger charge is 2.19. The van der Waals surface area contributed by atoms with Crippen molar-refractivity contribution in [3.05, 3.63) is 51.9 Å². The van der Waals surface area contributed by atoms with Crippen molar-refractivity contribution in [2.45, 2.75) is 19.9 Å². The van der Waals surface area contributed by atoms with E-state index in [0.717, 1.165) is 22.6 Å². The lowest BCUT2D eigenvalue weighted by Gasteiger charge is -2.17. The van der Waals surface area contributed by atoms with E-state index in [1.165, 1.54) is 0 Å². The Kier molecular flexibility index (Phi) is 4.14. The second kappa shape index (κ2) is 5.65. The number of hydrogen-bond acceptors (Lipinski definition) is 4. The fraction of sp³-hybridized carbons (Fsp3) is 0.286. The molecule has 0 saturated carbocycles. The lowest BCUT2D eigenvalue weighted by atomic mass is 9.99. The normalized spacial score (nSPS) is 12.5. The number of nitrogens with one attached hydrogen (secondary N) is 1. The number of nitrogens with two attached hydrogens (primary N) is 1. The summed E-state index contributed by atoms with van der Waals surface area (Å²) in [5, 5.41) is 0.571. The van der Waals surface area contributed by atoms with Gasteiger partial charge in [-0.15, -0.1) is 0 Å². The van der Waals surface area contributed by atoms with Crippen LogP contribution in [0.25, 0.3) is 0 Å². The summed E-state index contributed by atoms with van der Waals surface area (Å²) < 4.78 is 10.8. The van der Waals surface area contributed by atoms with E-state index in [4.69, 9.17) is 26.6 Å². The third-order valence-corrected chi connectivity index (χ3v) is 3.38. The van der Waals surface area contributed by atoms with Crippen LogP contribution in [0.1, 0.15) is 28.7 Å². The molecule has 2 aromatic rings. The number of hydrogen-bond donors (Lipinski definition) is 2. The van der Waals surface area contributed by atoms with Crippen molar-refractivity contribution >= 4 is 11.6 Å². The van der Waals surface area contributed by atoms with Crippen LogP contribution in [0.4, 0.5) is 0 Å². The molecule has 0 amide bonds. The first-order valence-electron chi connectivity index (χ1n) is 5.93. The molecule has 0 bridgehead atoms. The van der Waals surface area contributed by atoms with Crippen molar-refractivity contribution in [3.8, 4) is 5.75 Å². The number of ether oxygens (including phenoxy) is 1. The van der Waals surface area contributed by atoms with Crippen LogP contribution in [-0.4, -0.2) is 7.11 Å². The van der Waals surface area contributed by atoms with Crippen LogP contribution in [-0.2, 0) is 0 Å². The summed E-state index contributed by atoms with van der Waals surface area (Å²) in [6.45, 7) is 3.83. The van der Waals surface area contributed by atoms with Gasteiger partial charge in [0.1, 0.15) is 17.3 Å². The first kappa shape index (κ1) is 13.9. The molecule has 1 aromatic carbocycles. The molecular weight excluding hydrogens is 264 g/mol. The number of benzene rings is 1. The van der Waals surface area contributed by atoms with Crippen molar-refractivity contribution < 1.29 is 9.15 Å². The van der Waals surface area contributed by atoms with E-state index in [1.54, 1.807) is 13.2 Å². The number of methoxy groups -OCH3 is 1. The second-order valence-corrected chi connectivity index (χ2v) is 4.77. The Bertz CT molecular complexity index is 581. The van der Waals surface area contributed by atoms with Gasteiger partial charge < -0.3 is 9.15 Å². The molecule has 102 valence electrons. The van der Waals surface area contributed by atoms with Gasteiger partial charge in [0.15, 0.2) is 0 Å². The molecule has 2 rings (SSSR count). The molecule has 3 N–H and O–H groups in total. The Hall–Kier alpha value is -1.49. The third-order valence-electron chi connectivity index (χ3n) is 3.07. The number of aryl methyl sites for hydroxylation is 2. The Balaban J connectivity index is 2.45. The average molecular weight is 281 g/mol. The van der Waals surface area contributed by atoms with E-state index in [0.29, 0.717) is 10.8 Å². The number of furan rings is 1. The van der Waals surface area contributed by atoms with Crippen molar-refractivity contribution in [1.82, 2.24) is 5.43 Å². The summed E-state index contributed by atoms with van der Waals surface area (Å²) in [7, 11) is 1.59. The van der Waals surface area contributed by atoms with Crippen LogP contribution in [0.15, 0.2) is 28.7 Å². The van der Waals surface area contributed by atoms with Gasteiger partial charge in [-0.2, -0.15) is 0 Å². The van der Waals surface area contributed by atoms with Crippen LogP contribution in [0, 0.1) is 13.8 Å². The zero-order valence-corrected chi connectivity index (χ0v) is 11.9. The molecule has 1 aromatic heterocycles. The first-order valence-corrected chi connectivity index (χ1v) is 6.31. The first-order chi connectivity index (χ1) is 9.06. The van der Waals surface area contributed by atoms with Gasteiger partial charge in [0.05, 0.1) is 18.2 Å². The largest absolute Gasteiger partial charge is 0.495 e. The summed E-state index contributed by atoms with van der Waals surface area (Å²) in [4.78, 5) is 0. The molecule has 1 unspecified atom stereocenters. The predicted molar refractivity (Wildman–Crippen MR) is 75.4 cm³/mol. The van der Waals surface area contributed by atoms with Gasteiger partial charge >= 0.3 is 0 Å². The monoisotopic (exact) mass is 280 g/mol. The molecular formula is C14H17ClN2O2. The average Bonchev–Trinajstić information content (AvgIpc) is 2.71. The van der Waals surface area contributed by atoms with Crippen molar-refractivity contribution in [1.29, 1.82) is 0 Å². The van der Waals surface area contributed by atoms with Gasteiger partial charge in [0.25, 0.3) is 0 Å². The predicted octanol–water partition coefficient (Wildman–Crippen LogP) is 3.11. The molecule has 0 aliphatic carbocycles. The summed E-state index contributed by atoms with van der Waals surface area (Å²) >= 11 is 6.03. The van der Waals surface area contributed by atoms with Gasteiger partial charge in [-0.1, -0.05) is 17.7 Å². The van der Waals surface area contributed by atoms with Crippen molar-refractivity contribution in [2.75, 3.05) is 7.11 Å². The Morgan fingerprint density at radius 3 is 2.58 bits per heavy atom. The molecule has 4 nitrogen and oxygen atoms in total. The SMILES string of the molecule is COc1cc(C(NN)c2cc(C)oc2C)ccc1Cl. The molecule has 5 heteroatoms. The highest BCUT2D eigenvalue weighted by Crippen LogP contribution is 2.32. The minimum Gasteiger partial charge on any atom is -0.495 e. The topological polar surface area (TPSA) is 60.4 Å². The zero-order chi connectivity index (χ0) is 14.0. The van der Waals surface area contributed by atoms with Crippen LogP contribution >= 0.6 is 11.6 Å². The summed E-state index contributed by atoms with van der Waals surface area (Å²) in [6, 6.07) is 7.39. The summed E-state index contributed by atoms with van der Waals surface area (Å²) in [5.41, 5.74) is 4.77. The number of hydrazine groups is 1. The van der Waals surface area contributed by atoms with E-state index in [9.17, 15) is 0 Å². The lowest BCUT2D eigenvalue weighted by Crippen LogP contribution is -2.29. The molecule has 1 atom stereocenters. The molecule has 0 spiro atoms. The van der Waals surface area contributed by atoms with E-state index in [1.807, 2.05) is 32.0 Å². The molecule has 0 aliphatic rings. The number of halogens is 1. The van der Waals surface area contributed by atoms with E-state index in [-0.39, 0.29) is 6.04 Å². The highest BCUT2D eigenvalue weighted by atomic mass is 35.5. The smallest absolute Gasteiger partial charge is 0.137 e. The standard InChI is InChI=1S/C14H17ClN2O2/c1-8-6-11(9(2)19-8)14(17-16)10-4-5-12(15)13(7-10)18-3/h4-7,14,17H,16H2,1-3H3. The molecule has 0 fully saturated rings. The summed E-state index contributed by atoms with van der Waals surface area (Å²) in [5.74, 6) is 8.00. The quantitative estimate of drug-likeness (QED) is 0.667. The number of rotatable bonds is 4. The van der Waals surface area contributed by atoms with Crippen LogP contribution < -0.4 is 16.0 Å². The van der Waals surface area contributed by atoms with Gasteiger partial charge in [0, 0.05) is 5.56 Å². The maximum atomic E-state index is 6.03. The molecule has 1 heterocycles. The Morgan fingerprint density at radius 2 is 2.05 bits per heavy atom. The van der Waals surface area contributed by atoms with Crippen molar-refractivity contribution in [2.24, 2.45) is 5.84 Å². The lowest BCUT2D eigenvalue weighted by molar-refractivity contribution is 0.413. The van der Waals surface area contributed by atoms with E-state index >= 15 is 0 Å². The van der Waals surface area contributed by atoms with Crippen LogP contribution in [0.3, 0.4) is 0 Å². The summed E-state index contributed by atoms with van der Waals surface area (Å²) in [6.07, 6.45) is 0. The van der Waals surface area contributed by atoms with Crippen molar-refractivity contribution in [3.63, 3.8) is 0 Å². The molecule has 0 aliphatic heterocycles. The van der Waals surface area contributed by atoms with Gasteiger partial charge in [-0.05, 0) is 37.6 Å². The molecule has 0 saturated heterocycles. The van der Waals surface area contributed by atoms with Gasteiger partial charge in [-0.25, -0.2) is 5.43 Å². The fourth-order valence-corrected chi connectivity index (χ4v) is 2.35. The minimum atomic E-state index is -0.163. The fourth-order valence-electron chi connectivity index (χ4n) is 2.16. The second-order valence-electron chi connectivity index (χ2n) is 4.36. The van der Waals surface area contributed by atoms with Crippen LogP contribution in [0.5, 0.6) is 5.75 Å². The maximum absolute atomic E-state index is 6.03. The third kappa shape index (κ3) is 2.76. The van der Waals surface area contributed by atoms with Gasteiger partial charge in [-0.3, -0.25) is 5.84 Å². The van der Waals surface area contributed by atoms with Gasteiger partial charge in [0.2, 0.25) is 0 Å². The van der Waals surface area contributed by atoms with E-state index < -0.39 is 0 Å². The Morgan fingerprint density at radius 1 is 1.32 bits per heavy atom. The van der Waals surface area contributed by atoms with E-state index in [2.05, 4.69) is 5.43 Å².